The van der Waals surface area contributed by atoms with Gasteiger partial charge < -0.3 is 4.74 Å². The summed E-state index contributed by atoms with van der Waals surface area (Å²) in [7, 11) is 2.12. The van der Waals surface area contributed by atoms with Crippen molar-refractivity contribution in [2.75, 3.05) is 13.6 Å². The molecule has 0 amide bonds. The van der Waals surface area contributed by atoms with E-state index in [4.69, 9.17) is 4.74 Å². The Morgan fingerprint density at radius 3 is 2.45 bits per heavy atom. The maximum absolute atomic E-state index is 6.07. The quantitative estimate of drug-likeness (QED) is 0.329. The number of benzene rings is 2. The van der Waals surface area contributed by atoms with Crippen LogP contribution >= 0.6 is 0 Å². The molecule has 0 unspecified atom stereocenters. The van der Waals surface area contributed by atoms with E-state index in [0.717, 1.165) is 25.3 Å². The number of hydrogen-bond acceptors (Lipinski definition) is 2. The van der Waals surface area contributed by atoms with Crippen molar-refractivity contribution < 1.29 is 4.74 Å². The van der Waals surface area contributed by atoms with Crippen molar-refractivity contribution in [2.45, 2.75) is 54.2 Å². The fourth-order valence-corrected chi connectivity index (χ4v) is 2.99. The van der Waals surface area contributed by atoms with E-state index in [9.17, 15) is 0 Å². The molecule has 2 aromatic carbocycles. The van der Waals surface area contributed by atoms with Crippen LogP contribution in [0.15, 0.2) is 72.3 Å². The van der Waals surface area contributed by atoms with Crippen molar-refractivity contribution >= 4 is 0 Å². The third-order valence-corrected chi connectivity index (χ3v) is 4.56. The Morgan fingerprint density at radius 1 is 1.00 bits per heavy atom. The van der Waals surface area contributed by atoms with Crippen molar-refractivity contribution in [3.63, 3.8) is 0 Å². The summed E-state index contributed by atoms with van der Waals surface area (Å²) >= 11 is 0. The van der Waals surface area contributed by atoms with Gasteiger partial charge in [-0.2, -0.15) is 0 Å². The van der Waals surface area contributed by atoms with Gasteiger partial charge in [0.05, 0.1) is 0 Å². The van der Waals surface area contributed by atoms with Crippen LogP contribution < -0.4 is 4.74 Å². The largest absolute Gasteiger partial charge is 0.489 e. The summed E-state index contributed by atoms with van der Waals surface area (Å²) in [6.07, 6.45) is 7.29. The van der Waals surface area contributed by atoms with Crippen LogP contribution in [0.3, 0.4) is 0 Å². The van der Waals surface area contributed by atoms with Crippen molar-refractivity contribution in [1.29, 1.82) is 0 Å². The third kappa shape index (κ3) is 10.7. The lowest BCUT2D eigenvalue weighted by atomic mass is 9.98. The molecule has 2 nitrogen and oxygen atoms in total. The molecule has 2 aromatic rings. The third-order valence-electron chi connectivity index (χ3n) is 4.56. The average Bonchev–Trinajstić information content (AvgIpc) is 2.70. The van der Waals surface area contributed by atoms with E-state index in [-0.39, 0.29) is 5.41 Å². The Balaban J connectivity index is 1.88. The van der Waals surface area contributed by atoms with E-state index in [2.05, 4.69) is 113 Å². The Morgan fingerprint density at radius 2 is 1.71 bits per heavy atom. The van der Waals surface area contributed by atoms with Crippen molar-refractivity contribution in [2.24, 2.45) is 5.41 Å². The van der Waals surface area contributed by atoms with Crippen LogP contribution in [-0.4, -0.2) is 18.5 Å². The fraction of sp³-hybridized carbons (Fsp3) is 0.379. The maximum Gasteiger partial charge on any atom is 0.120 e. The molecule has 0 N–H and O–H groups in total. The highest BCUT2D eigenvalue weighted by molar-refractivity contribution is 5.30. The molecule has 0 heterocycles. The van der Waals surface area contributed by atoms with Gasteiger partial charge in [-0.25, -0.2) is 0 Å². The van der Waals surface area contributed by atoms with Gasteiger partial charge in [-0.15, -0.1) is 0 Å². The molecule has 31 heavy (non-hydrogen) atoms. The number of allylic oxidation sites excluding steroid dienone is 3. The summed E-state index contributed by atoms with van der Waals surface area (Å²) in [4.78, 5) is 2.26. The topological polar surface area (TPSA) is 12.5 Å². The minimum atomic E-state index is 0.0452. The van der Waals surface area contributed by atoms with E-state index in [1.807, 2.05) is 12.1 Å². The van der Waals surface area contributed by atoms with Gasteiger partial charge in [0.1, 0.15) is 12.4 Å². The predicted molar refractivity (Wildman–Crippen MR) is 133 cm³/mol. The lowest BCUT2D eigenvalue weighted by molar-refractivity contribution is 0.304. The van der Waals surface area contributed by atoms with Gasteiger partial charge in [-0.1, -0.05) is 66.0 Å². The number of nitrogens with zero attached hydrogens (tertiary/aromatic N) is 1. The highest BCUT2D eigenvalue weighted by atomic mass is 16.5. The van der Waals surface area contributed by atoms with Gasteiger partial charge in [0.2, 0.25) is 0 Å². The lowest BCUT2D eigenvalue weighted by Crippen LogP contribution is -2.17. The lowest BCUT2D eigenvalue weighted by Gasteiger charge is -2.15. The molecule has 0 saturated carbocycles. The second-order valence-electron chi connectivity index (χ2n) is 9.36. The van der Waals surface area contributed by atoms with Crippen LogP contribution in [0, 0.1) is 17.3 Å². The summed E-state index contributed by atoms with van der Waals surface area (Å²) in [5.41, 5.74) is 5.15. The highest BCUT2D eigenvalue weighted by Crippen LogP contribution is 2.17. The number of hydrogen-bond donors (Lipinski definition) is 0. The molecule has 0 aromatic heterocycles. The molecule has 0 radical (unpaired) electrons. The molecule has 0 bridgehead atoms. The Hall–Kier alpha value is -2.76. The monoisotopic (exact) mass is 415 g/mol. The normalized spacial score (nSPS) is 11.3. The summed E-state index contributed by atoms with van der Waals surface area (Å²) in [6.45, 7) is 12.9. The zero-order chi connectivity index (χ0) is 22.7. The first kappa shape index (κ1) is 24.5. The highest BCUT2D eigenvalue weighted by Gasteiger charge is 2.03. The summed E-state index contributed by atoms with van der Waals surface area (Å²) in [5, 5.41) is 0. The second kappa shape index (κ2) is 12.2. The summed E-state index contributed by atoms with van der Waals surface area (Å²) < 4.78 is 6.07. The predicted octanol–water partition coefficient (Wildman–Crippen LogP) is 6.81. The second-order valence-corrected chi connectivity index (χ2v) is 9.36. The van der Waals surface area contributed by atoms with Gasteiger partial charge >= 0.3 is 0 Å². The van der Waals surface area contributed by atoms with E-state index in [1.54, 1.807) is 0 Å². The summed E-state index contributed by atoms with van der Waals surface area (Å²) in [6, 6.07) is 17.0. The Labute approximate surface area is 189 Å². The van der Waals surface area contributed by atoms with Crippen molar-refractivity contribution in [3.8, 4) is 17.6 Å². The molecule has 164 valence electrons. The minimum absolute atomic E-state index is 0.0452. The standard InChI is InChI=1S/C29H37NO/c1-24(2)16-17-25-12-10-14-27(20-25)23-31-28-15-11-13-26(21-28)22-30(6)19-9-7-8-18-29(3,4)5/h7,9-16,20-21H,17,19,22-23H2,1-6H3. The number of rotatable bonds is 9. The van der Waals surface area contributed by atoms with Crippen LogP contribution in [0.25, 0.3) is 0 Å². The SMILES string of the molecule is CC(C)=CCc1cccc(COc2cccc(CN(C)CC=CC#CC(C)(C)C)c2)c1. The Bertz CT molecular complexity index is 946. The van der Waals surface area contributed by atoms with Crippen molar-refractivity contribution in [3.05, 3.63) is 89.0 Å². The summed E-state index contributed by atoms with van der Waals surface area (Å²) in [5.74, 6) is 7.25. The average molecular weight is 416 g/mol. The molecule has 0 fully saturated rings. The van der Waals surface area contributed by atoms with Gasteiger partial charge in [-0.05, 0) is 83.0 Å². The van der Waals surface area contributed by atoms with Crippen LogP contribution in [0.5, 0.6) is 5.75 Å². The first-order valence-electron chi connectivity index (χ1n) is 11.0. The zero-order valence-electron chi connectivity index (χ0n) is 20.0. The number of likely N-dealkylation sites (N-methyl/N-ethyl adjacent to an activating group) is 1. The van der Waals surface area contributed by atoms with E-state index >= 15 is 0 Å². The minimum Gasteiger partial charge on any atom is -0.489 e. The molecule has 0 atom stereocenters. The van der Waals surface area contributed by atoms with E-state index in [0.29, 0.717) is 6.61 Å². The molecule has 0 spiro atoms. The first-order chi connectivity index (χ1) is 14.7. The van der Waals surface area contributed by atoms with Gasteiger partial charge in [0, 0.05) is 18.5 Å². The molecule has 0 aliphatic heterocycles. The van der Waals surface area contributed by atoms with Crippen LogP contribution in [-0.2, 0) is 19.6 Å². The van der Waals surface area contributed by atoms with Crippen LogP contribution in [0.1, 0.15) is 51.3 Å². The molecule has 0 aliphatic carbocycles. The molecule has 0 aliphatic rings. The van der Waals surface area contributed by atoms with Gasteiger partial charge in [0.25, 0.3) is 0 Å². The van der Waals surface area contributed by atoms with Gasteiger partial charge in [0.15, 0.2) is 0 Å². The zero-order valence-corrected chi connectivity index (χ0v) is 20.0. The molecule has 2 rings (SSSR count). The fourth-order valence-electron chi connectivity index (χ4n) is 2.99. The smallest absolute Gasteiger partial charge is 0.120 e. The van der Waals surface area contributed by atoms with Crippen LogP contribution in [0.4, 0.5) is 0 Å². The van der Waals surface area contributed by atoms with E-state index < -0.39 is 0 Å². The number of ether oxygens (including phenoxy) is 1. The molecular weight excluding hydrogens is 378 g/mol. The van der Waals surface area contributed by atoms with Crippen LogP contribution in [0.2, 0.25) is 0 Å². The molecular formula is C29H37NO. The molecule has 2 heteroatoms. The molecule has 0 saturated heterocycles. The van der Waals surface area contributed by atoms with Gasteiger partial charge in [-0.3, -0.25) is 4.90 Å². The Kier molecular flexibility index (Phi) is 9.63. The first-order valence-corrected chi connectivity index (χ1v) is 11.0. The maximum atomic E-state index is 6.07. The van der Waals surface area contributed by atoms with E-state index in [1.165, 1.54) is 22.3 Å². The van der Waals surface area contributed by atoms with Crippen molar-refractivity contribution in [1.82, 2.24) is 4.90 Å².